The molecule has 1 aromatic carbocycles. The SMILES string of the molecule is CCN1C(=O)C2(CCOCC2)c2cc(NCc3ccco3)ccc21. The summed E-state index contributed by atoms with van der Waals surface area (Å²) in [5, 5.41) is 3.39. The van der Waals surface area contributed by atoms with E-state index in [1.807, 2.05) is 30.0 Å². The Morgan fingerprint density at radius 1 is 1.25 bits per heavy atom. The molecule has 1 fully saturated rings. The number of amides is 1. The minimum absolute atomic E-state index is 0.228. The maximum Gasteiger partial charge on any atom is 0.237 e. The maximum atomic E-state index is 13.1. The summed E-state index contributed by atoms with van der Waals surface area (Å²) in [5.41, 5.74) is 2.79. The van der Waals surface area contributed by atoms with E-state index in [2.05, 4.69) is 17.4 Å². The van der Waals surface area contributed by atoms with Crippen LogP contribution < -0.4 is 10.2 Å². The maximum absolute atomic E-state index is 13.1. The largest absolute Gasteiger partial charge is 0.467 e. The Morgan fingerprint density at radius 3 is 2.79 bits per heavy atom. The van der Waals surface area contributed by atoms with Crippen LogP contribution in [0.25, 0.3) is 0 Å². The molecule has 2 aliphatic rings. The minimum atomic E-state index is -0.411. The van der Waals surface area contributed by atoms with E-state index in [-0.39, 0.29) is 5.91 Å². The highest BCUT2D eigenvalue weighted by molar-refractivity contribution is 6.08. The summed E-state index contributed by atoms with van der Waals surface area (Å²) in [6, 6.07) is 10.1. The molecule has 0 aliphatic carbocycles. The number of anilines is 2. The highest BCUT2D eigenvalue weighted by Gasteiger charge is 2.51. The molecule has 0 bridgehead atoms. The number of fused-ring (bicyclic) bond motifs is 2. The summed E-state index contributed by atoms with van der Waals surface area (Å²) >= 11 is 0. The van der Waals surface area contributed by atoms with Crippen molar-refractivity contribution in [2.45, 2.75) is 31.7 Å². The Kier molecular flexibility index (Phi) is 3.81. The fraction of sp³-hybridized carbons (Fsp3) is 0.421. The lowest BCUT2D eigenvalue weighted by Gasteiger charge is -2.32. The van der Waals surface area contributed by atoms with Crippen molar-refractivity contribution in [3.8, 4) is 0 Å². The molecule has 0 saturated carbocycles. The van der Waals surface area contributed by atoms with Crippen molar-refractivity contribution in [2.75, 3.05) is 30.0 Å². The Labute approximate surface area is 141 Å². The summed E-state index contributed by atoms with van der Waals surface area (Å²) in [6.07, 6.45) is 3.20. The van der Waals surface area contributed by atoms with E-state index in [4.69, 9.17) is 9.15 Å². The molecule has 1 saturated heterocycles. The van der Waals surface area contributed by atoms with Crippen LogP contribution in [0.15, 0.2) is 41.0 Å². The van der Waals surface area contributed by atoms with Gasteiger partial charge >= 0.3 is 0 Å². The Morgan fingerprint density at radius 2 is 2.08 bits per heavy atom. The van der Waals surface area contributed by atoms with Gasteiger partial charge in [0, 0.05) is 31.1 Å². The second-order valence-electron chi connectivity index (χ2n) is 6.41. The molecule has 126 valence electrons. The molecule has 2 aromatic rings. The van der Waals surface area contributed by atoms with Gasteiger partial charge < -0.3 is 19.4 Å². The minimum Gasteiger partial charge on any atom is -0.467 e. The number of nitrogens with zero attached hydrogens (tertiary/aromatic N) is 1. The van der Waals surface area contributed by atoms with Gasteiger partial charge in [-0.2, -0.15) is 0 Å². The van der Waals surface area contributed by atoms with Crippen LogP contribution in [0.1, 0.15) is 31.1 Å². The lowest BCUT2D eigenvalue weighted by atomic mass is 9.75. The van der Waals surface area contributed by atoms with Crippen LogP contribution in [0.5, 0.6) is 0 Å². The van der Waals surface area contributed by atoms with Crippen LogP contribution >= 0.6 is 0 Å². The van der Waals surface area contributed by atoms with Crippen molar-refractivity contribution in [1.29, 1.82) is 0 Å². The van der Waals surface area contributed by atoms with Crippen LogP contribution in [-0.2, 0) is 21.5 Å². The van der Waals surface area contributed by atoms with E-state index in [1.165, 1.54) is 0 Å². The van der Waals surface area contributed by atoms with Gasteiger partial charge in [0.25, 0.3) is 0 Å². The molecule has 5 heteroatoms. The molecule has 1 aromatic heterocycles. The number of hydrogen-bond donors (Lipinski definition) is 1. The lowest BCUT2D eigenvalue weighted by molar-refractivity contribution is -0.126. The number of likely N-dealkylation sites (N-methyl/N-ethyl adjacent to an activating group) is 1. The fourth-order valence-corrected chi connectivity index (χ4v) is 3.87. The first-order valence-corrected chi connectivity index (χ1v) is 8.55. The molecule has 5 nitrogen and oxygen atoms in total. The quantitative estimate of drug-likeness (QED) is 0.936. The summed E-state index contributed by atoms with van der Waals surface area (Å²) in [5.74, 6) is 1.12. The van der Waals surface area contributed by atoms with Crippen LogP contribution in [0.2, 0.25) is 0 Å². The average molecular weight is 326 g/mol. The van der Waals surface area contributed by atoms with E-state index >= 15 is 0 Å². The van der Waals surface area contributed by atoms with Gasteiger partial charge in [-0.15, -0.1) is 0 Å². The number of nitrogens with one attached hydrogen (secondary N) is 1. The van der Waals surface area contributed by atoms with Crippen LogP contribution in [0.4, 0.5) is 11.4 Å². The van der Waals surface area contributed by atoms with E-state index in [0.29, 0.717) is 26.3 Å². The van der Waals surface area contributed by atoms with Crippen molar-refractivity contribution in [3.63, 3.8) is 0 Å². The highest BCUT2D eigenvalue weighted by atomic mass is 16.5. The first kappa shape index (κ1) is 15.3. The number of hydrogen-bond acceptors (Lipinski definition) is 4. The van der Waals surface area contributed by atoms with Crippen LogP contribution in [0.3, 0.4) is 0 Å². The van der Waals surface area contributed by atoms with Crippen LogP contribution in [-0.4, -0.2) is 25.7 Å². The van der Waals surface area contributed by atoms with Gasteiger partial charge in [0.15, 0.2) is 0 Å². The third kappa shape index (κ3) is 2.31. The third-order valence-corrected chi connectivity index (χ3v) is 5.17. The third-order valence-electron chi connectivity index (χ3n) is 5.17. The van der Waals surface area contributed by atoms with Crippen molar-refractivity contribution in [2.24, 2.45) is 0 Å². The van der Waals surface area contributed by atoms with Crippen molar-refractivity contribution < 1.29 is 13.9 Å². The number of carbonyl (C=O) groups is 1. The van der Waals surface area contributed by atoms with E-state index in [9.17, 15) is 4.79 Å². The zero-order chi connectivity index (χ0) is 16.6. The molecule has 24 heavy (non-hydrogen) atoms. The van der Waals surface area contributed by atoms with Gasteiger partial charge in [0.1, 0.15) is 5.76 Å². The number of furan rings is 1. The first-order valence-electron chi connectivity index (χ1n) is 8.55. The van der Waals surface area contributed by atoms with Gasteiger partial charge in [0.05, 0.1) is 18.2 Å². The summed E-state index contributed by atoms with van der Waals surface area (Å²) in [7, 11) is 0. The van der Waals surface area contributed by atoms with E-state index in [0.717, 1.165) is 35.5 Å². The topological polar surface area (TPSA) is 54.7 Å². The average Bonchev–Trinajstić information content (AvgIpc) is 3.21. The summed E-state index contributed by atoms with van der Waals surface area (Å²) in [4.78, 5) is 15.0. The van der Waals surface area contributed by atoms with E-state index < -0.39 is 5.41 Å². The van der Waals surface area contributed by atoms with Gasteiger partial charge in [-0.05, 0) is 55.7 Å². The summed E-state index contributed by atoms with van der Waals surface area (Å²) < 4.78 is 10.9. The molecule has 1 N–H and O–H groups in total. The van der Waals surface area contributed by atoms with Gasteiger partial charge in [0.2, 0.25) is 5.91 Å². The van der Waals surface area contributed by atoms with Gasteiger partial charge in [-0.25, -0.2) is 0 Å². The smallest absolute Gasteiger partial charge is 0.237 e. The molecule has 3 heterocycles. The lowest BCUT2D eigenvalue weighted by Crippen LogP contribution is -2.44. The molecule has 4 rings (SSSR count). The normalized spacial score (nSPS) is 18.9. The molecular formula is C19H22N2O3. The number of benzene rings is 1. The van der Waals surface area contributed by atoms with Gasteiger partial charge in [-0.1, -0.05) is 0 Å². The number of rotatable bonds is 4. The molecule has 1 amide bonds. The second kappa shape index (κ2) is 5.98. The molecule has 0 unspecified atom stereocenters. The van der Waals surface area contributed by atoms with Crippen molar-refractivity contribution >= 4 is 17.3 Å². The molecule has 0 atom stereocenters. The van der Waals surface area contributed by atoms with Crippen molar-refractivity contribution in [3.05, 3.63) is 47.9 Å². The highest BCUT2D eigenvalue weighted by Crippen LogP contribution is 2.48. The zero-order valence-corrected chi connectivity index (χ0v) is 13.9. The van der Waals surface area contributed by atoms with Crippen molar-refractivity contribution in [1.82, 2.24) is 0 Å². The summed E-state index contributed by atoms with van der Waals surface area (Å²) in [6.45, 7) is 4.66. The Hall–Kier alpha value is -2.27. The zero-order valence-electron chi connectivity index (χ0n) is 13.9. The number of carbonyl (C=O) groups excluding carboxylic acids is 1. The van der Waals surface area contributed by atoms with Crippen LogP contribution in [0, 0.1) is 0 Å². The molecule has 2 aliphatic heterocycles. The molecular weight excluding hydrogens is 304 g/mol. The predicted molar refractivity (Wildman–Crippen MR) is 92.2 cm³/mol. The first-order chi connectivity index (χ1) is 11.7. The fourth-order valence-electron chi connectivity index (χ4n) is 3.87. The molecule has 0 radical (unpaired) electrons. The monoisotopic (exact) mass is 326 g/mol. The Bertz CT molecular complexity index is 733. The Balaban J connectivity index is 1.67. The van der Waals surface area contributed by atoms with Gasteiger partial charge in [-0.3, -0.25) is 4.79 Å². The molecule has 1 spiro atoms. The van der Waals surface area contributed by atoms with E-state index in [1.54, 1.807) is 6.26 Å². The standard InChI is InChI=1S/C19H22N2O3/c1-2-21-17-6-5-14(20-13-15-4-3-9-24-15)12-16(17)19(18(21)22)7-10-23-11-8-19/h3-6,9,12,20H,2,7-8,10-11,13H2,1H3. The second-order valence-corrected chi connectivity index (χ2v) is 6.41. The predicted octanol–water partition coefficient (Wildman–Crippen LogP) is 3.31. The number of ether oxygens (including phenoxy) is 1.